The lowest BCUT2D eigenvalue weighted by Crippen LogP contribution is -2.03. The molecule has 0 unspecified atom stereocenters. The average molecular weight is 396 g/mol. The molecule has 21 heavy (non-hydrogen) atoms. The summed E-state index contributed by atoms with van der Waals surface area (Å²) in [7, 11) is 0. The Labute approximate surface area is 137 Å². The summed E-state index contributed by atoms with van der Waals surface area (Å²) in [6.07, 6.45) is 2.18. The van der Waals surface area contributed by atoms with Gasteiger partial charge in [0, 0.05) is 33.5 Å². The minimum Gasteiger partial charge on any atom is -0.385 e. The molecule has 0 aliphatic carbocycles. The predicted octanol–water partition coefficient (Wildman–Crippen LogP) is 5.08. The lowest BCUT2D eigenvalue weighted by molar-refractivity contribution is -0.384. The van der Waals surface area contributed by atoms with Gasteiger partial charge in [-0.25, -0.2) is 0 Å². The van der Waals surface area contributed by atoms with Crippen LogP contribution in [-0.4, -0.2) is 11.5 Å². The van der Waals surface area contributed by atoms with Crippen molar-refractivity contribution in [1.29, 1.82) is 0 Å². The van der Waals surface area contributed by atoms with Crippen molar-refractivity contribution < 1.29 is 4.92 Å². The molecule has 0 aliphatic rings. The van der Waals surface area contributed by atoms with E-state index in [2.05, 4.69) is 34.8 Å². The van der Waals surface area contributed by atoms with Gasteiger partial charge in [-0.1, -0.05) is 31.5 Å². The van der Waals surface area contributed by atoms with Crippen LogP contribution in [0.15, 0.2) is 42.5 Å². The van der Waals surface area contributed by atoms with Crippen molar-refractivity contribution in [1.82, 2.24) is 0 Å². The van der Waals surface area contributed by atoms with Gasteiger partial charge in [-0.2, -0.15) is 0 Å². The van der Waals surface area contributed by atoms with E-state index in [1.165, 1.54) is 0 Å². The van der Waals surface area contributed by atoms with Crippen LogP contribution in [0.2, 0.25) is 0 Å². The number of unbranched alkanes of at least 4 members (excludes halogenated alkanes) is 1. The van der Waals surface area contributed by atoms with E-state index >= 15 is 0 Å². The van der Waals surface area contributed by atoms with Gasteiger partial charge in [0.25, 0.3) is 5.69 Å². The number of nitrogens with one attached hydrogen (secondary N) is 1. The lowest BCUT2D eigenvalue weighted by atomic mass is 10.0. The zero-order valence-corrected chi connectivity index (χ0v) is 14.0. The Morgan fingerprint density at radius 1 is 1.19 bits per heavy atom. The van der Waals surface area contributed by atoms with Crippen molar-refractivity contribution in [3.8, 4) is 11.1 Å². The maximum atomic E-state index is 11.0. The van der Waals surface area contributed by atoms with Crippen molar-refractivity contribution in [3.05, 3.63) is 56.1 Å². The number of hydrogen-bond donors (Lipinski definition) is 1. The SMILES string of the molecule is CCCCNc1ccc([N+](=O)[O-])cc1-c1ccccc1I. The first-order chi connectivity index (χ1) is 10.1. The van der Waals surface area contributed by atoms with Crippen LogP contribution in [0.25, 0.3) is 11.1 Å². The molecule has 0 atom stereocenters. The third kappa shape index (κ3) is 3.93. The fourth-order valence-electron chi connectivity index (χ4n) is 2.10. The second kappa shape index (κ2) is 7.40. The third-order valence-electron chi connectivity index (χ3n) is 3.22. The summed E-state index contributed by atoms with van der Waals surface area (Å²) in [5.41, 5.74) is 2.95. The van der Waals surface area contributed by atoms with Crippen LogP contribution < -0.4 is 5.32 Å². The Morgan fingerprint density at radius 2 is 1.95 bits per heavy atom. The number of halogens is 1. The van der Waals surface area contributed by atoms with E-state index in [1.807, 2.05) is 24.3 Å². The number of nitro benzene ring substituents is 1. The van der Waals surface area contributed by atoms with Crippen molar-refractivity contribution >= 4 is 34.0 Å². The highest BCUT2D eigenvalue weighted by Crippen LogP contribution is 2.34. The van der Waals surface area contributed by atoms with Crippen molar-refractivity contribution in [2.45, 2.75) is 19.8 Å². The summed E-state index contributed by atoms with van der Waals surface area (Å²) in [6, 6.07) is 12.9. The highest BCUT2D eigenvalue weighted by atomic mass is 127. The second-order valence-electron chi connectivity index (χ2n) is 4.75. The molecule has 0 fully saturated rings. The van der Waals surface area contributed by atoms with E-state index in [0.717, 1.165) is 39.8 Å². The van der Waals surface area contributed by atoms with E-state index in [1.54, 1.807) is 18.2 Å². The maximum absolute atomic E-state index is 11.0. The van der Waals surface area contributed by atoms with Gasteiger partial charge in [-0.3, -0.25) is 10.1 Å². The Kier molecular flexibility index (Phi) is 5.55. The highest BCUT2D eigenvalue weighted by Gasteiger charge is 2.13. The molecule has 4 nitrogen and oxygen atoms in total. The van der Waals surface area contributed by atoms with Gasteiger partial charge in [0.1, 0.15) is 0 Å². The summed E-state index contributed by atoms with van der Waals surface area (Å²) in [5, 5.41) is 14.4. The van der Waals surface area contributed by atoms with Crippen LogP contribution >= 0.6 is 22.6 Å². The number of non-ortho nitro benzene ring substituents is 1. The fourth-order valence-corrected chi connectivity index (χ4v) is 2.78. The largest absolute Gasteiger partial charge is 0.385 e. The molecule has 5 heteroatoms. The number of nitrogens with zero attached hydrogens (tertiary/aromatic N) is 1. The van der Waals surface area contributed by atoms with Crippen LogP contribution in [0.5, 0.6) is 0 Å². The number of hydrogen-bond acceptors (Lipinski definition) is 3. The normalized spacial score (nSPS) is 10.4. The van der Waals surface area contributed by atoms with Gasteiger partial charge < -0.3 is 5.32 Å². The number of nitro groups is 1. The quantitative estimate of drug-likeness (QED) is 0.321. The molecule has 0 radical (unpaired) electrons. The first-order valence-corrected chi connectivity index (χ1v) is 7.98. The van der Waals surface area contributed by atoms with E-state index in [4.69, 9.17) is 0 Å². The molecule has 0 amide bonds. The zero-order valence-electron chi connectivity index (χ0n) is 11.8. The van der Waals surface area contributed by atoms with Crippen molar-refractivity contribution in [2.24, 2.45) is 0 Å². The smallest absolute Gasteiger partial charge is 0.270 e. The molecule has 0 saturated carbocycles. The van der Waals surface area contributed by atoms with E-state index in [0.29, 0.717) is 0 Å². The summed E-state index contributed by atoms with van der Waals surface area (Å²) in [4.78, 5) is 10.7. The predicted molar refractivity (Wildman–Crippen MR) is 94.6 cm³/mol. The molecular weight excluding hydrogens is 379 g/mol. The van der Waals surface area contributed by atoms with Gasteiger partial charge in [0.15, 0.2) is 0 Å². The molecule has 110 valence electrons. The molecule has 0 heterocycles. The third-order valence-corrected chi connectivity index (χ3v) is 4.16. The Bertz CT molecular complexity index is 644. The van der Waals surface area contributed by atoms with E-state index in [-0.39, 0.29) is 10.6 Å². The first-order valence-electron chi connectivity index (χ1n) is 6.90. The monoisotopic (exact) mass is 396 g/mol. The van der Waals surface area contributed by atoms with Gasteiger partial charge >= 0.3 is 0 Å². The lowest BCUT2D eigenvalue weighted by Gasteiger charge is -2.13. The standard InChI is InChI=1S/C16H17IN2O2/c1-2-3-10-18-16-9-8-12(19(20)21)11-14(16)13-6-4-5-7-15(13)17/h4-9,11,18H,2-3,10H2,1H3. The van der Waals surface area contributed by atoms with E-state index in [9.17, 15) is 10.1 Å². The maximum Gasteiger partial charge on any atom is 0.270 e. The molecule has 2 rings (SSSR count). The highest BCUT2D eigenvalue weighted by molar-refractivity contribution is 14.1. The molecular formula is C16H17IN2O2. The Balaban J connectivity index is 2.46. The summed E-state index contributed by atoms with van der Waals surface area (Å²) < 4.78 is 1.08. The van der Waals surface area contributed by atoms with Crippen LogP contribution in [0.4, 0.5) is 11.4 Å². The van der Waals surface area contributed by atoms with Crippen LogP contribution in [0.1, 0.15) is 19.8 Å². The van der Waals surface area contributed by atoms with Gasteiger partial charge in [-0.05, 0) is 46.7 Å². The van der Waals surface area contributed by atoms with Gasteiger partial charge in [-0.15, -0.1) is 0 Å². The van der Waals surface area contributed by atoms with Crippen LogP contribution in [0, 0.1) is 13.7 Å². The fraction of sp³-hybridized carbons (Fsp3) is 0.250. The average Bonchev–Trinajstić information content (AvgIpc) is 2.48. The molecule has 0 saturated heterocycles. The Hall–Kier alpha value is -1.63. The molecule has 0 aromatic heterocycles. The van der Waals surface area contributed by atoms with Crippen molar-refractivity contribution in [2.75, 3.05) is 11.9 Å². The number of benzene rings is 2. The number of rotatable bonds is 6. The van der Waals surface area contributed by atoms with Gasteiger partial charge in [0.05, 0.1) is 4.92 Å². The molecule has 0 spiro atoms. The number of anilines is 1. The Morgan fingerprint density at radius 3 is 2.62 bits per heavy atom. The topological polar surface area (TPSA) is 55.2 Å². The molecule has 0 aliphatic heterocycles. The van der Waals surface area contributed by atoms with Crippen LogP contribution in [0.3, 0.4) is 0 Å². The summed E-state index contributed by atoms with van der Waals surface area (Å²) in [6.45, 7) is 3.00. The molecule has 2 aromatic rings. The van der Waals surface area contributed by atoms with Crippen LogP contribution in [-0.2, 0) is 0 Å². The molecule has 0 bridgehead atoms. The molecule has 1 N–H and O–H groups in total. The van der Waals surface area contributed by atoms with Crippen molar-refractivity contribution in [3.63, 3.8) is 0 Å². The van der Waals surface area contributed by atoms with Gasteiger partial charge in [0.2, 0.25) is 0 Å². The minimum atomic E-state index is -0.352. The second-order valence-corrected chi connectivity index (χ2v) is 5.91. The first kappa shape index (κ1) is 15.8. The summed E-state index contributed by atoms with van der Waals surface area (Å²) in [5.74, 6) is 0. The minimum absolute atomic E-state index is 0.116. The molecule has 2 aromatic carbocycles. The zero-order chi connectivity index (χ0) is 15.2. The van der Waals surface area contributed by atoms with E-state index < -0.39 is 0 Å². The summed E-state index contributed by atoms with van der Waals surface area (Å²) >= 11 is 2.26.